The van der Waals surface area contributed by atoms with E-state index < -0.39 is 10.3 Å². The molecule has 0 aliphatic carbocycles. The van der Waals surface area contributed by atoms with E-state index in [4.69, 9.17) is 14.2 Å². The summed E-state index contributed by atoms with van der Waals surface area (Å²) in [4.78, 5) is 25.7. The van der Waals surface area contributed by atoms with E-state index >= 15 is 0 Å². The van der Waals surface area contributed by atoms with E-state index in [2.05, 4.69) is 61.2 Å². The van der Waals surface area contributed by atoms with E-state index in [0.717, 1.165) is 30.8 Å². The first-order chi connectivity index (χ1) is 21.9. The Bertz CT molecular complexity index is 1440. The molecule has 46 heavy (non-hydrogen) atoms. The summed E-state index contributed by atoms with van der Waals surface area (Å²) in [6.45, 7) is 14.1. The quantitative estimate of drug-likeness (QED) is 0.0658. The molecule has 0 bridgehead atoms. The van der Waals surface area contributed by atoms with Gasteiger partial charge in [0, 0.05) is 36.5 Å². The summed E-state index contributed by atoms with van der Waals surface area (Å²) >= 11 is 0. The van der Waals surface area contributed by atoms with Crippen LogP contribution >= 0.6 is 0 Å². The predicted molar refractivity (Wildman–Crippen MR) is 185 cm³/mol. The highest BCUT2D eigenvalue weighted by molar-refractivity contribution is 5.77. The van der Waals surface area contributed by atoms with Crippen molar-refractivity contribution < 1.29 is 23.9 Å². The lowest BCUT2D eigenvalue weighted by Gasteiger charge is -2.39. The number of methoxy groups -OCH3 is 2. The third-order valence-corrected chi connectivity index (χ3v) is 8.35. The number of hydrazine groups is 2. The van der Waals surface area contributed by atoms with E-state index in [1.165, 1.54) is 12.1 Å². The number of rotatable bonds is 17. The Morgan fingerprint density at radius 1 is 0.826 bits per heavy atom. The van der Waals surface area contributed by atoms with Gasteiger partial charge in [0.2, 0.25) is 0 Å². The highest BCUT2D eigenvalue weighted by atomic mass is 16.6. The average Bonchev–Trinajstić information content (AvgIpc) is 3.04. The number of nitrogens with zero attached hydrogens (tertiary/aromatic N) is 2. The van der Waals surface area contributed by atoms with Crippen molar-refractivity contribution in [1.29, 1.82) is 0 Å². The molecule has 0 spiro atoms. The summed E-state index contributed by atoms with van der Waals surface area (Å²) in [5.74, 6) is 0.943. The van der Waals surface area contributed by atoms with Crippen LogP contribution < -0.4 is 36.1 Å². The van der Waals surface area contributed by atoms with Gasteiger partial charge in [-0.15, -0.1) is 0 Å². The highest BCUT2D eigenvalue weighted by Crippen LogP contribution is 2.43. The van der Waals surface area contributed by atoms with Crippen LogP contribution in [-0.4, -0.2) is 44.8 Å². The van der Waals surface area contributed by atoms with Crippen LogP contribution in [0.2, 0.25) is 0 Å². The molecule has 4 N–H and O–H groups in total. The molecule has 0 amide bonds. The first-order valence-electron chi connectivity index (χ1n) is 15.4. The third-order valence-electron chi connectivity index (χ3n) is 8.35. The van der Waals surface area contributed by atoms with E-state index in [-0.39, 0.29) is 17.1 Å². The molecule has 3 aromatic carbocycles. The van der Waals surface area contributed by atoms with Gasteiger partial charge in [0.15, 0.2) is 0 Å². The first-order valence-corrected chi connectivity index (χ1v) is 15.4. The second-order valence-electron chi connectivity index (χ2n) is 12.2. The molecule has 1 unspecified atom stereocenters. The lowest BCUT2D eigenvalue weighted by molar-refractivity contribution is -0.384. The van der Waals surface area contributed by atoms with Crippen LogP contribution in [0.1, 0.15) is 54.4 Å². The summed E-state index contributed by atoms with van der Waals surface area (Å²) < 4.78 is 17.0. The normalized spacial score (nSPS) is 12.3. The van der Waals surface area contributed by atoms with Gasteiger partial charge in [-0.1, -0.05) is 34.1 Å². The number of benzene rings is 3. The number of esters is 1. The zero-order valence-corrected chi connectivity index (χ0v) is 28.2. The van der Waals surface area contributed by atoms with Crippen LogP contribution in [-0.2, 0) is 9.53 Å². The number of ether oxygens (including phenoxy) is 3. The smallest absolute Gasteiger partial charge is 0.312 e. The van der Waals surface area contributed by atoms with Gasteiger partial charge >= 0.3 is 5.97 Å². The van der Waals surface area contributed by atoms with Crippen molar-refractivity contribution in [3.05, 3.63) is 70.8 Å². The average molecular weight is 637 g/mol. The highest BCUT2D eigenvalue weighted by Gasteiger charge is 2.44. The van der Waals surface area contributed by atoms with E-state index in [0.29, 0.717) is 41.7 Å². The molecule has 0 aromatic heterocycles. The molecule has 0 saturated heterocycles. The van der Waals surface area contributed by atoms with Gasteiger partial charge in [-0.2, -0.15) is 0 Å². The number of nitrogens with one attached hydrogen (secondary N) is 4. The van der Waals surface area contributed by atoms with Gasteiger partial charge in [0.05, 0.1) is 53.9 Å². The summed E-state index contributed by atoms with van der Waals surface area (Å²) in [6.07, 6.45) is 1.71. The SMILES string of the molecule is CCCC(C)(C(=O)OCCN(CC)c1ccc(NNc2cc(OC)c(NNc3ccc([N+](=O)[O-])cc3)cc2OC)cc1)C(C)(C)C. The molecule has 3 rings (SSSR count). The first kappa shape index (κ1) is 35.6. The lowest BCUT2D eigenvalue weighted by Crippen LogP contribution is -2.42. The largest absolute Gasteiger partial charge is 0.494 e. The van der Waals surface area contributed by atoms with Gasteiger partial charge in [0.25, 0.3) is 5.69 Å². The number of nitro groups is 1. The number of anilines is 5. The molecule has 12 heteroatoms. The van der Waals surface area contributed by atoms with Crippen molar-refractivity contribution >= 4 is 40.1 Å². The Labute approximate surface area is 271 Å². The fraction of sp³-hybridized carbons (Fsp3) is 0.441. The minimum atomic E-state index is -0.533. The minimum Gasteiger partial charge on any atom is -0.494 e. The van der Waals surface area contributed by atoms with Crippen molar-refractivity contribution in [3.8, 4) is 11.5 Å². The molecule has 0 radical (unpaired) electrons. The molecule has 0 aliphatic heterocycles. The molecule has 0 heterocycles. The van der Waals surface area contributed by atoms with Crippen LogP contribution in [0, 0.1) is 20.9 Å². The van der Waals surface area contributed by atoms with Crippen LogP contribution in [0.3, 0.4) is 0 Å². The monoisotopic (exact) mass is 636 g/mol. The van der Waals surface area contributed by atoms with Crippen molar-refractivity contribution in [2.24, 2.45) is 10.8 Å². The van der Waals surface area contributed by atoms with Gasteiger partial charge < -0.3 is 30.0 Å². The number of carbonyl (C=O) groups excluding carboxylic acids is 1. The Hall–Kier alpha value is -4.87. The van der Waals surface area contributed by atoms with Gasteiger partial charge in [-0.3, -0.25) is 25.8 Å². The Balaban J connectivity index is 1.60. The second-order valence-corrected chi connectivity index (χ2v) is 12.2. The number of non-ortho nitro benzene ring substituents is 1. The molecule has 0 aliphatic rings. The summed E-state index contributed by atoms with van der Waals surface area (Å²) in [6, 6.07) is 17.5. The maximum atomic E-state index is 13.1. The maximum absolute atomic E-state index is 13.1. The zero-order chi connectivity index (χ0) is 33.9. The van der Waals surface area contributed by atoms with Gasteiger partial charge in [0.1, 0.15) is 18.1 Å². The molecule has 1 atom stereocenters. The van der Waals surface area contributed by atoms with Crippen LogP contribution in [0.15, 0.2) is 60.7 Å². The lowest BCUT2D eigenvalue weighted by atomic mass is 9.65. The summed E-state index contributed by atoms with van der Waals surface area (Å²) in [7, 11) is 3.13. The van der Waals surface area contributed by atoms with Crippen molar-refractivity contribution in [2.45, 2.75) is 54.4 Å². The number of hydrogen-bond acceptors (Lipinski definition) is 11. The van der Waals surface area contributed by atoms with E-state index in [1.54, 1.807) is 38.5 Å². The fourth-order valence-electron chi connectivity index (χ4n) is 4.96. The second kappa shape index (κ2) is 15.9. The topological polar surface area (TPSA) is 139 Å². The maximum Gasteiger partial charge on any atom is 0.312 e. The number of nitro benzene ring substituents is 1. The van der Waals surface area contributed by atoms with Crippen LogP contribution in [0.4, 0.5) is 34.1 Å². The predicted octanol–water partition coefficient (Wildman–Crippen LogP) is 7.71. The number of carbonyl (C=O) groups is 1. The Morgan fingerprint density at radius 2 is 1.33 bits per heavy atom. The molecular formula is C34H48N6O6. The molecular weight excluding hydrogens is 588 g/mol. The third kappa shape index (κ3) is 8.86. The van der Waals surface area contributed by atoms with Gasteiger partial charge in [-0.05, 0) is 62.1 Å². The van der Waals surface area contributed by atoms with Crippen LogP contribution in [0.5, 0.6) is 11.5 Å². The molecule has 0 fully saturated rings. The van der Waals surface area contributed by atoms with Gasteiger partial charge in [-0.25, -0.2) is 0 Å². The minimum absolute atomic E-state index is 0.00867. The Kier molecular flexibility index (Phi) is 12.3. The van der Waals surface area contributed by atoms with E-state index in [1.807, 2.05) is 31.2 Å². The standard InChI is InChI=1S/C34H48N6O6/c1-9-19-34(6,33(3,4)5)32(41)46-21-20-39(10-2)26-15-11-24(12-16-26)35-37-28-22-31(45-8)29(23-30(28)44-7)38-36-25-13-17-27(18-14-25)40(42)43/h11-18,22-23,35-38H,9-10,19-21H2,1-8H3. The summed E-state index contributed by atoms with van der Waals surface area (Å²) in [5.41, 5.74) is 15.5. The summed E-state index contributed by atoms with van der Waals surface area (Å²) in [5, 5.41) is 10.9. The molecule has 3 aromatic rings. The van der Waals surface area contributed by atoms with Crippen molar-refractivity contribution in [3.63, 3.8) is 0 Å². The van der Waals surface area contributed by atoms with Crippen LogP contribution in [0.25, 0.3) is 0 Å². The molecule has 12 nitrogen and oxygen atoms in total. The Morgan fingerprint density at radius 3 is 1.74 bits per heavy atom. The van der Waals surface area contributed by atoms with E-state index in [9.17, 15) is 14.9 Å². The number of hydrogen-bond donors (Lipinski definition) is 4. The zero-order valence-electron chi connectivity index (χ0n) is 28.2. The van der Waals surface area contributed by atoms with Crippen molar-refractivity contribution in [1.82, 2.24) is 0 Å². The van der Waals surface area contributed by atoms with Crippen molar-refractivity contribution in [2.75, 3.05) is 60.5 Å². The number of likely N-dealkylation sites (N-methyl/N-ethyl adjacent to an activating group) is 1. The molecule has 250 valence electrons. The fourth-order valence-corrected chi connectivity index (χ4v) is 4.96. The molecule has 0 saturated carbocycles.